The predicted octanol–water partition coefficient (Wildman–Crippen LogP) is 3.97. The summed E-state index contributed by atoms with van der Waals surface area (Å²) in [6, 6.07) is 12.0. The summed E-state index contributed by atoms with van der Waals surface area (Å²) in [5.74, 6) is 0.965. The van der Waals surface area contributed by atoms with Crippen LogP contribution in [0.5, 0.6) is 0 Å². The van der Waals surface area contributed by atoms with Crippen molar-refractivity contribution in [3.63, 3.8) is 0 Å². The lowest BCUT2D eigenvalue weighted by atomic mass is 10.0. The Morgan fingerprint density at radius 3 is 2.65 bits per heavy atom. The molecule has 0 spiro atoms. The number of nitrogens with zero attached hydrogens (tertiary/aromatic N) is 2. The summed E-state index contributed by atoms with van der Waals surface area (Å²) >= 11 is 6.24. The molecule has 26 heavy (non-hydrogen) atoms. The number of aliphatic carboxylic acids is 1. The van der Waals surface area contributed by atoms with Crippen molar-refractivity contribution >= 4 is 17.6 Å². The molecule has 1 aromatic carbocycles. The third-order valence-electron chi connectivity index (χ3n) is 5.00. The number of halogens is 1. The van der Waals surface area contributed by atoms with E-state index in [1.54, 1.807) is 0 Å². The molecular formula is C20H25ClN2O3. The van der Waals surface area contributed by atoms with Crippen LogP contribution in [0.1, 0.15) is 25.5 Å². The van der Waals surface area contributed by atoms with Gasteiger partial charge in [0, 0.05) is 24.7 Å². The van der Waals surface area contributed by atoms with E-state index in [0.29, 0.717) is 11.1 Å². The largest absolute Gasteiger partial charge is 0.480 e. The van der Waals surface area contributed by atoms with Gasteiger partial charge in [0.05, 0.1) is 18.1 Å². The molecule has 2 heterocycles. The van der Waals surface area contributed by atoms with Gasteiger partial charge in [0.15, 0.2) is 0 Å². The van der Waals surface area contributed by atoms with Crippen LogP contribution in [0.2, 0.25) is 5.02 Å². The SMILES string of the molecule is CCN(CC(=O)O)C1CCN(Cc2ccc(-c3ccccc3Cl)o2)CC1. The van der Waals surface area contributed by atoms with Crippen LogP contribution in [0.15, 0.2) is 40.8 Å². The molecule has 1 aliphatic heterocycles. The number of benzene rings is 1. The number of hydrogen-bond acceptors (Lipinski definition) is 4. The molecule has 0 bridgehead atoms. The summed E-state index contributed by atoms with van der Waals surface area (Å²) in [6.07, 6.45) is 1.97. The molecular weight excluding hydrogens is 352 g/mol. The van der Waals surface area contributed by atoms with Gasteiger partial charge in [-0.15, -0.1) is 0 Å². The smallest absolute Gasteiger partial charge is 0.317 e. The molecule has 1 N–H and O–H groups in total. The lowest BCUT2D eigenvalue weighted by Gasteiger charge is -2.37. The first-order valence-electron chi connectivity index (χ1n) is 9.08. The number of carbonyl (C=O) groups is 1. The van der Waals surface area contributed by atoms with Crippen LogP contribution >= 0.6 is 11.6 Å². The van der Waals surface area contributed by atoms with Crippen molar-refractivity contribution in [2.75, 3.05) is 26.2 Å². The zero-order chi connectivity index (χ0) is 18.5. The Hall–Kier alpha value is -1.82. The third-order valence-corrected chi connectivity index (χ3v) is 5.33. The van der Waals surface area contributed by atoms with Crippen LogP contribution in [-0.4, -0.2) is 53.1 Å². The molecule has 0 aliphatic carbocycles. The van der Waals surface area contributed by atoms with E-state index in [1.807, 2.05) is 43.3 Å². The minimum atomic E-state index is -0.753. The molecule has 140 valence electrons. The van der Waals surface area contributed by atoms with Gasteiger partial charge in [-0.3, -0.25) is 14.6 Å². The Morgan fingerprint density at radius 1 is 1.27 bits per heavy atom. The van der Waals surface area contributed by atoms with Crippen molar-refractivity contribution in [3.8, 4) is 11.3 Å². The predicted molar refractivity (Wildman–Crippen MR) is 102 cm³/mol. The highest BCUT2D eigenvalue weighted by molar-refractivity contribution is 6.33. The van der Waals surface area contributed by atoms with Crippen molar-refractivity contribution in [1.29, 1.82) is 0 Å². The fraction of sp³-hybridized carbons (Fsp3) is 0.450. The van der Waals surface area contributed by atoms with E-state index < -0.39 is 5.97 Å². The maximum absolute atomic E-state index is 11.0. The second-order valence-corrected chi connectivity index (χ2v) is 7.12. The molecule has 5 nitrogen and oxygen atoms in total. The number of hydrogen-bond donors (Lipinski definition) is 1. The number of likely N-dealkylation sites (N-methyl/N-ethyl adjacent to an activating group) is 1. The lowest BCUT2D eigenvalue weighted by molar-refractivity contribution is -0.139. The number of carboxylic acids is 1. The van der Waals surface area contributed by atoms with Gasteiger partial charge in [-0.1, -0.05) is 30.7 Å². The Bertz CT molecular complexity index is 738. The molecule has 1 fully saturated rings. The maximum Gasteiger partial charge on any atom is 0.317 e. The zero-order valence-electron chi connectivity index (χ0n) is 15.0. The second-order valence-electron chi connectivity index (χ2n) is 6.71. The Kier molecular flexibility index (Phi) is 6.35. The van der Waals surface area contributed by atoms with Crippen molar-refractivity contribution in [2.45, 2.75) is 32.4 Å². The van der Waals surface area contributed by atoms with Gasteiger partial charge in [0.2, 0.25) is 0 Å². The molecule has 0 atom stereocenters. The van der Waals surface area contributed by atoms with Crippen molar-refractivity contribution in [3.05, 3.63) is 47.2 Å². The summed E-state index contributed by atoms with van der Waals surface area (Å²) in [7, 11) is 0. The highest BCUT2D eigenvalue weighted by Gasteiger charge is 2.25. The quantitative estimate of drug-likeness (QED) is 0.792. The van der Waals surface area contributed by atoms with Crippen LogP contribution in [0.4, 0.5) is 0 Å². The molecule has 6 heteroatoms. The third kappa shape index (κ3) is 4.67. The highest BCUT2D eigenvalue weighted by Crippen LogP contribution is 2.29. The van der Waals surface area contributed by atoms with Gasteiger partial charge < -0.3 is 9.52 Å². The van der Waals surface area contributed by atoms with Crippen LogP contribution in [0.3, 0.4) is 0 Å². The number of likely N-dealkylation sites (tertiary alicyclic amines) is 1. The summed E-state index contributed by atoms with van der Waals surface area (Å²) in [5.41, 5.74) is 0.909. The molecule has 1 saturated heterocycles. The monoisotopic (exact) mass is 376 g/mol. The van der Waals surface area contributed by atoms with E-state index in [-0.39, 0.29) is 6.54 Å². The normalized spacial score (nSPS) is 16.3. The van der Waals surface area contributed by atoms with E-state index >= 15 is 0 Å². The van der Waals surface area contributed by atoms with Gasteiger partial charge in [-0.25, -0.2) is 0 Å². The average molecular weight is 377 g/mol. The molecule has 0 saturated carbocycles. The van der Waals surface area contributed by atoms with Gasteiger partial charge >= 0.3 is 5.97 Å². The first kappa shape index (κ1) is 19.0. The molecule has 2 aromatic rings. The molecule has 3 rings (SSSR count). The van der Waals surface area contributed by atoms with Crippen LogP contribution in [0, 0.1) is 0 Å². The van der Waals surface area contributed by atoms with Gasteiger partial charge in [0.1, 0.15) is 11.5 Å². The van der Waals surface area contributed by atoms with E-state index in [1.165, 1.54) is 0 Å². The fourth-order valence-electron chi connectivity index (χ4n) is 3.60. The lowest BCUT2D eigenvalue weighted by Crippen LogP contribution is -2.46. The topological polar surface area (TPSA) is 56.9 Å². The van der Waals surface area contributed by atoms with Crippen LogP contribution in [0.25, 0.3) is 11.3 Å². The van der Waals surface area contributed by atoms with E-state index in [4.69, 9.17) is 21.1 Å². The van der Waals surface area contributed by atoms with E-state index in [2.05, 4.69) is 9.80 Å². The van der Waals surface area contributed by atoms with Crippen LogP contribution < -0.4 is 0 Å². The molecule has 1 aromatic heterocycles. The van der Waals surface area contributed by atoms with Crippen molar-refractivity contribution < 1.29 is 14.3 Å². The highest BCUT2D eigenvalue weighted by atomic mass is 35.5. The average Bonchev–Trinajstić information content (AvgIpc) is 3.09. The standard InChI is InChI=1S/C20H25ClN2O3/c1-2-23(14-20(24)25)15-9-11-22(12-10-15)13-16-7-8-19(26-16)17-5-3-4-6-18(17)21/h3-8,15H,2,9-14H2,1H3,(H,24,25). The molecule has 0 unspecified atom stereocenters. The number of furan rings is 1. The minimum absolute atomic E-state index is 0.126. The summed E-state index contributed by atoms with van der Waals surface area (Å²) < 4.78 is 5.99. The Balaban J connectivity index is 1.55. The first-order valence-corrected chi connectivity index (χ1v) is 9.46. The fourth-order valence-corrected chi connectivity index (χ4v) is 3.83. The second kappa shape index (κ2) is 8.71. The van der Waals surface area contributed by atoms with Crippen molar-refractivity contribution in [1.82, 2.24) is 9.80 Å². The summed E-state index contributed by atoms with van der Waals surface area (Å²) in [4.78, 5) is 15.4. The van der Waals surface area contributed by atoms with Gasteiger partial charge in [-0.05, 0) is 43.7 Å². The number of piperidine rings is 1. The molecule has 0 amide bonds. The summed E-state index contributed by atoms with van der Waals surface area (Å²) in [5, 5.41) is 9.72. The number of carboxylic acid groups (broad SMARTS) is 1. The molecule has 0 radical (unpaired) electrons. The van der Waals surface area contributed by atoms with Gasteiger partial charge in [0.25, 0.3) is 0 Å². The zero-order valence-corrected chi connectivity index (χ0v) is 15.8. The van der Waals surface area contributed by atoms with Gasteiger partial charge in [-0.2, -0.15) is 0 Å². The van der Waals surface area contributed by atoms with E-state index in [9.17, 15) is 4.79 Å². The summed E-state index contributed by atoms with van der Waals surface area (Å²) in [6.45, 7) is 5.58. The Labute approximate surface area is 159 Å². The first-order chi connectivity index (χ1) is 12.6. The number of rotatable bonds is 7. The Morgan fingerprint density at radius 2 is 2.00 bits per heavy atom. The maximum atomic E-state index is 11.0. The van der Waals surface area contributed by atoms with Crippen LogP contribution in [-0.2, 0) is 11.3 Å². The minimum Gasteiger partial charge on any atom is -0.480 e. The van der Waals surface area contributed by atoms with Crippen molar-refractivity contribution in [2.24, 2.45) is 0 Å². The van der Waals surface area contributed by atoms with E-state index in [0.717, 1.165) is 56.1 Å². The molecule has 1 aliphatic rings.